The summed E-state index contributed by atoms with van der Waals surface area (Å²) >= 11 is 5.84. The van der Waals surface area contributed by atoms with E-state index in [2.05, 4.69) is 15.5 Å². The third kappa shape index (κ3) is 2.78. The standard InChI is InChI=1S/C11H10ClN3O3/c1-6-14-10(15-18-6)5-13-7-2-3-8(11(16)17)9(12)4-7/h2-4,13H,5H2,1H3,(H,16,17). The quantitative estimate of drug-likeness (QED) is 0.884. The summed E-state index contributed by atoms with van der Waals surface area (Å²) in [5.41, 5.74) is 0.755. The third-order valence-corrected chi connectivity index (χ3v) is 2.53. The summed E-state index contributed by atoms with van der Waals surface area (Å²) in [5, 5.41) is 15.7. The molecule has 0 aliphatic rings. The van der Waals surface area contributed by atoms with E-state index < -0.39 is 5.97 Å². The van der Waals surface area contributed by atoms with Crippen molar-refractivity contribution in [3.05, 3.63) is 40.5 Å². The van der Waals surface area contributed by atoms with Crippen LogP contribution in [0.3, 0.4) is 0 Å². The van der Waals surface area contributed by atoms with Crippen LogP contribution in [0.5, 0.6) is 0 Å². The molecule has 2 rings (SSSR count). The maximum absolute atomic E-state index is 10.8. The number of aromatic carboxylic acids is 1. The van der Waals surface area contributed by atoms with Gasteiger partial charge in [0.2, 0.25) is 5.89 Å². The van der Waals surface area contributed by atoms with Crippen LogP contribution in [-0.4, -0.2) is 21.2 Å². The summed E-state index contributed by atoms with van der Waals surface area (Å²) in [6, 6.07) is 4.61. The predicted octanol–water partition coefficient (Wildman–Crippen LogP) is 2.34. The molecule has 0 radical (unpaired) electrons. The van der Waals surface area contributed by atoms with Crippen LogP contribution in [0.15, 0.2) is 22.7 Å². The summed E-state index contributed by atoms with van der Waals surface area (Å²) in [6.45, 7) is 2.08. The number of aromatic nitrogens is 2. The van der Waals surface area contributed by atoms with Gasteiger partial charge in [0.15, 0.2) is 5.82 Å². The minimum absolute atomic E-state index is 0.0672. The summed E-state index contributed by atoms with van der Waals surface area (Å²) in [5.74, 6) is -0.0441. The van der Waals surface area contributed by atoms with Gasteiger partial charge in [-0.3, -0.25) is 0 Å². The summed E-state index contributed by atoms with van der Waals surface area (Å²) in [7, 11) is 0. The molecule has 1 heterocycles. The fourth-order valence-electron chi connectivity index (χ4n) is 1.39. The second-order valence-electron chi connectivity index (χ2n) is 3.58. The summed E-state index contributed by atoms with van der Waals surface area (Å²) < 4.78 is 4.82. The Hall–Kier alpha value is -2.08. The number of aryl methyl sites for hydroxylation is 1. The lowest BCUT2D eigenvalue weighted by Crippen LogP contribution is -2.03. The highest BCUT2D eigenvalue weighted by Crippen LogP contribution is 2.21. The van der Waals surface area contributed by atoms with Gasteiger partial charge in [0, 0.05) is 12.6 Å². The average molecular weight is 268 g/mol. The highest BCUT2D eigenvalue weighted by Gasteiger charge is 2.09. The van der Waals surface area contributed by atoms with Crippen LogP contribution in [0.1, 0.15) is 22.1 Å². The second kappa shape index (κ2) is 5.05. The number of benzene rings is 1. The van der Waals surface area contributed by atoms with Crippen LogP contribution in [0.4, 0.5) is 5.69 Å². The fraction of sp³-hybridized carbons (Fsp3) is 0.182. The minimum atomic E-state index is -1.06. The van der Waals surface area contributed by atoms with Gasteiger partial charge in [-0.2, -0.15) is 4.98 Å². The molecule has 6 nitrogen and oxygen atoms in total. The van der Waals surface area contributed by atoms with Crippen LogP contribution in [0, 0.1) is 6.92 Å². The molecule has 18 heavy (non-hydrogen) atoms. The SMILES string of the molecule is Cc1nc(CNc2ccc(C(=O)O)c(Cl)c2)no1. The van der Waals surface area contributed by atoms with E-state index in [1.165, 1.54) is 12.1 Å². The van der Waals surface area contributed by atoms with Crippen molar-refractivity contribution >= 4 is 23.3 Å². The highest BCUT2D eigenvalue weighted by molar-refractivity contribution is 6.33. The molecular formula is C11H10ClN3O3. The molecule has 2 aromatic rings. The Morgan fingerprint density at radius 1 is 1.56 bits per heavy atom. The first-order chi connectivity index (χ1) is 8.56. The number of carbonyl (C=O) groups is 1. The van der Waals surface area contributed by atoms with Gasteiger partial charge in [-0.25, -0.2) is 4.79 Å². The Kier molecular flexibility index (Phi) is 3.47. The number of hydrogen-bond acceptors (Lipinski definition) is 5. The van der Waals surface area contributed by atoms with Crippen molar-refractivity contribution in [1.82, 2.24) is 10.1 Å². The van der Waals surface area contributed by atoms with Crippen molar-refractivity contribution in [2.45, 2.75) is 13.5 Å². The molecule has 0 saturated carbocycles. The number of nitrogens with one attached hydrogen (secondary N) is 1. The molecule has 1 aromatic heterocycles. The lowest BCUT2D eigenvalue weighted by atomic mass is 10.2. The van der Waals surface area contributed by atoms with E-state index in [0.717, 1.165) is 0 Å². The first kappa shape index (κ1) is 12.4. The summed E-state index contributed by atoms with van der Waals surface area (Å²) in [4.78, 5) is 14.8. The highest BCUT2D eigenvalue weighted by atomic mass is 35.5. The minimum Gasteiger partial charge on any atom is -0.478 e. The topological polar surface area (TPSA) is 88.2 Å². The van der Waals surface area contributed by atoms with Crippen molar-refractivity contribution in [2.75, 3.05) is 5.32 Å². The third-order valence-electron chi connectivity index (χ3n) is 2.22. The van der Waals surface area contributed by atoms with Crippen molar-refractivity contribution in [1.29, 1.82) is 0 Å². The molecule has 0 saturated heterocycles. The molecule has 0 amide bonds. The molecule has 2 N–H and O–H groups in total. The zero-order chi connectivity index (χ0) is 13.1. The van der Waals surface area contributed by atoms with Crippen molar-refractivity contribution in [3.8, 4) is 0 Å². The van der Waals surface area contributed by atoms with E-state index >= 15 is 0 Å². The van der Waals surface area contributed by atoms with E-state index in [1.807, 2.05) is 0 Å². The number of carboxylic acid groups (broad SMARTS) is 1. The van der Waals surface area contributed by atoms with Crippen LogP contribution in [-0.2, 0) is 6.54 Å². The Balaban J connectivity index is 2.06. The molecule has 0 fully saturated rings. The average Bonchev–Trinajstić information content (AvgIpc) is 2.72. The summed E-state index contributed by atoms with van der Waals surface area (Å²) in [6.07, 6.45) is 0. The molecule has 0 bridgehead atoms. The molecular weight excluding hydrogens is 258 g/mol. The number of rotatable bonds is 4. The van der Waals surface area contributed by atoms with Gasteiger partial charge in [0.25, 0.3) is 0 Å². The van der Waals surface area contributed by atoms with Crippen LogP contribution in [0.2, 0.25) is 5.02 Å². The maximum Gasteiger partial charge on any atom is 0.337 e. The van der Waals surface area contributed by atoms with Gasteiger partial charge < -0.3 is 14.9 Å². The van der Waals surface area contributed by atoms with E-state index in [-0.39, 0.29) is 10.6 Å². The largest absolute Gasteiger partial charge is 0.478 e. The van der Waals surface area contributed by atoms with Crippen LogP contribution < -0.4 is 5.32 Å². The lowest BCUT2D eigenvalue weighted by molar-refractivity contribution is 0.0697. The molecule has 1 aromatic carbocycles. The second-order valence-corrected chi connectivity index (χ2v) is 3.99. The fourth-order valence-corrected chi connectivity index (χ4v) is 1.65. The van der Waals surface area contributed by atoms with Gasteiger partial charge >= 0.3 is 5.97 Å². The zero-order valence-corrected chi connectivity index (χ0v) is 10.2. The first-order valence-electron chi connectivity index (χ1n) is 5.12. The Labute approximate surface area is 108 Å². The molecule has 94 valence electrons. The van der Waals surface area contributed by atoms with E-state index in [1.54, 1.807) is 13.0 Å². The molecule has 7 heteroatoms. The Morgan fingerprint density at radius 3 is 2.89 bits per heavy atom. The Morgan fingerprint density at radius 2 is 2.33 bits per heavy atom. The number of anilines is 1. The van der Waals surface area contributed by atoms with Crippen molar-refractivity contribution in [3.63, 3.8) is 0 Å². The smallest absolute Gasteiger partial charge is 0.337 e. The lowest BCUT2D eigenvalue weighted by Gasteiger charge is -2.05. The van der Waals surface area contributed by atoms with Crippen molar-refractivity contribution < 1.29 is 14.4 Å². The number of carboxylic acids is 1. The Bertz CT molecular complexity index is 583. The van der Waals surface area contributed by atoms with E-state index in [0.29, 0.717) is 23.9 Å². The molecule has 0 spiro atoms. The van der Waals surface area contributed by atoms with Gasteiger partial charge in [0.1, 0.15) is 0 Å². The van der Waals surface area contributed by atoms with Gasteiger partial charge in [0.05, 0.1) is 17.1 Å². The number of halogens is 1. The molecule has 0 aliphatic heterocycles. The van der Waals surface area contributed by atoms with E-state index in [9.17, 15) is 4.79 Å². The number of nitrogens with zero attached hydrogens (tertiary/aromatic N) is 2. The molecule has 0 unspecified atom stereocenters. The van der Waals surface area contributed by atoms with Gasteiger partial charge in [-0.05, 0) is 18.2 Å². The molecule has 0 aliphatic carbocycles. The monoisotopic (exact) mass is 267 g/mol. The van der Waals surface area contributed by atoms with Crippen LogP contribution in [0.25, 0.3) is 0 Å². The normalized spacial score (nSPS) is 10.3. The van der Waals surface area contributed by atoms with Gasteiger partial charge in [-0.15, -0.1) is 0 Å². The van der Waals surface area contributed by atoms with E-state index in [4.69, 9.17) is 21.2 Å². The first-order valence-corrected chi connectivity index (χ1v) is 5.50. The molecule has 0 atom stereocenters. The van der Waals surface area contributed by atoms with Crippen molar-refractivity contribution in [2.24, 2.45) is 0 Å². The van der Waals surface area contributed by atoms with Gasteiger partial charge in [-0.1, -0.05) is 16.8 Å². The predicted molar refractivity (Wildman–Crippen MR) is 64.8 cm³/mol. The number of hydrogen-bond donors (Lipinski definition) is 2. The van der Waals surface area contributed by atoms with Crippen LogP contribution >= 0.6 is 11.6 Å². The maximum atomic E-state index is 10.8. The zero-order valence-electron chi connectivity index (χ0n) is 9.48.